The molecule has 1 amide bonds. The van der Waals surface area contributed by atoms with Gasteiger partial charge in [-0.15, -0.1) is 0 Å². The lowest BCUT2D eigenvalue weighted by molar-refractivity contribution is -0.127. The minimum atomic E-state index is -0.718. The molecule has 0 spiro atoms. The van der Waals surface area contributed by atoms with Crippen molar-refractivity contribution in [2.24, 2.45) is 0 Å². The van der Waals surface area contributed by atoms with E-state index >= 15 is 0 Å². The van der Waals surface area contributed by atoms with Gasteiger partial charge in [-0.05, 0) is 56.2 Å². The SMILES string of the molecule is COc1ccc(-c2noc(CNC(=O)C(C)Oc3cc(C)c(Cl)c(C)c3)n2)c(OC)c1. The summed E-state index contributed by atoms with van der Waals surface area (Å²) in [6, 6.07) is 8.87. The van der Waals surface area contributed by atoms with E-state index in [1.54, 1.807) is 51.5 Å². The van der Waals surface area contributed by atoms with Crippen LogP contribution in [0.1, 0.15) is 23.9 Å². The summed E-state index contributed by atoms with van der Waals surface area (Å²) in [6.07, 6.45) is -0.718. The largest absolute Gasteiger partial charge is 0.497 e. The summed E-state index contributed by atoms with van der Waals surface area (Å²) in [7, 11) is 3.12. The third kappa shape index (κ3) is 5.27. The van der Waals surface area contributed by atoms with Crippen molar-refractivity contribution < 1.29 is 23.5 Å². The molecule has 0 aliphatic heterocycles. The summed E-state index contributed by atoms with van der Waals surface area (Å²) in [6.45, 7) is 5.50. The molecule has 1 heterocycles. The number of benzene rings is 2. The number of aromatic nitrogens is 2. The van der Waals surface area contributed by atoms with Gasteiger partial charge in [-0.3, -0.25) is 4.79 Å². The van der Waals surface area contributed by atoms with Crippen molar-refractivity contribution >= 4 is 17.5 Å². The predicted molar refractivity (Wildman–Crippen MR) is 116 cm³/mol. The normalized spacial score (nSPS) is 11.7. The maximum atomic E-state index is 12.4. The van der Waals surface area contributed by atoms with E-state index < -0.39 is 6.10 Å². The second kappa shape index (κ2) is 9.70. The van der Waals surface area contributed by atoms with Gasteiger partial charge in [-0.2, -0.15) is 4.98 Å². The molecule has 1 atom stereocenters. The highest BCUT2D eigenvalue weighted by atomic mass is 35.5. The van der Waals surface area contributed by atoms with Crippen LogP contribution < -0.4 is 19.5 Å². The van der Waals surface area contributed by atoms with Crippen molar-refractivity contribution in [1.29, 1.82) is 0 Å². The van der Waals surface area contributed by atoms with Crippen molar-refractivity contribution in [1.82, 2.24) is 15.5 Å². The van der Waals surface area contributed by atoms with Crippen LogP contribution in [0.2, 0.25) is 5.02 Å². The fourth-order valence-electron chi connectivity index (χ4n) is 2.96. The number of hydrogen-bond acceptors (Lipinski definition) is 7. The van der Waals surface area contributed by atoms with Crippen LogP contribution in [0.4, 0.5) is 0 Å². The highest BCUT2D eigenvalue weighted by molar-refractivity contribution is 6.32. The van der Waals surface area contributed by atoms with E-state index in [1.165, 1.54) is 0 Å². The van der Waals surface area contributed by atoms with Gasteiger partial charge in [0.2, 0.25) is 11.7 Å². The number of halogens is 1. The second-order valence-corrected chi connectivity index (χ2v) is 7.30. The first-order valence-corrected chi connectivity index (χ1v) is 9.96. The van der Waals surface area contributed by atoms with Gasteiger partial charge in [-0.25, -0.2) is 0 Å². The van der Waals surface area contributed by atoms with E-state index in [0.29, 0.717) is 33.7 Å². The fourth-order valence-corrected chi connectivity index (χ4v) is 3.07. The van der Waals surface area contributed by atoms with Crippen LogP contribution in [0.15, 0.2) is 34.9 Å². The molecule has 1 aromatic heterocycles. The maximum Gasteiger partial charge on any atom is 0.261 e. The zero-order chi connectivity index (χ0) is 22.5. The first kappa shape index (κ1) is 22.4. The number of hydrogen-bond donors (Lipinski definition) is 1. The Morgan fingerprint density at radius 1 is 1.13 bits per heavy atom. The molecule has 3 aromatic rings. The maximum absolute atomic E-state index is 12.4. The average Bonchev–Trinajstić information content (AvgIpc) is 3.23. The molecule has 0 saturated heterocycles. The van der Waals surface area contributed by atoms with E-state index in [9.17, 15) is 4.79 Å². The number of carbonyl (C=O) groups is 1. The van der Waals surface area contributed by atoms with Crippen LogP contribution in [-0.4, -0.2) is 36.4 Å². The van der Waals surface area contributed by atoms with E-state index in [1.807, 2.05) is 13.8 Å². The summed E-state index contributed by atoms with van der Waals surface area (Å²) < 4.78 is 21.5. The van der Waals surface area contributed by atoms with Gasteiger partial charge in [0.25, 0.3) is 5.91 Å². The number of ether oxygens (including phenoxy) is 3. The quantitative estimate of drug-likeness (QED) is 0.557. The molecular weight excluding hydrogens is 422 g/mol. The Hall–Kier alpha value is -3.26. The molecule has 31 heavy (non-hydrogen) atoms. The minimum absolute atomic E-state index is 0.0661. The van der Waals surface area contributed by atoms with Gasteiger partial charge >= 0.3 is 0 Å². The number of amides is 1. The minimum Gasteiger partial charge on any atom is -0.497 e. The van der Waals surface area contributed by atoms with Crippen LogP contribution in [-0.2, 0) is 11.3 Å². The van der Waals surface area contributed by atoms with Crippen molar-refractivity contribution in [2.75, 3.05) is 14.2 Å². The molecule has 2 aromatic carbocycles. The molecule has 9 heteroatoms. The Morgan fingerprint density at radius 3 is 2.48 bits per heavy atom. The van der Waals surface area contributed by atoms with Crippen LogP contribution in [0.5, 0.6) is 17.2 Å². The number of nitrogens with one attached hydrogen (secondary N) is 1. The standard InChI is InChI=1S/C22H24ClN3O5/c1-12-8-16(9-13(2)20(12)23)30-14(3)22(27)24-11-19-25-21(26-31-19)17-7-6-15(28-4)10-18(17)29-5/h6-10,14H,11H2,1-5H3,(H,24,27). The summed E-state index contributed by atoms with van der Waals surface area (Å²) >= 11 is 6.17. The van der Waals surface area contributed by atoms with Crippen molar-refractivity contribution in [2.45, 2.75) is 33.4 Å². The van der Waals surface area contributed by atoms with Gasteiger partial charge < -0.3 is 24.1 Å². The Balaban J connectivity index is 1.62. The molecule has 0 aliphatic rings. The van der Waals surface area contributed by atoms with Gasteiger partial charge in [0, 0.05) is 11.1 Å². The van der Waals surface area contributed by atoms with E-state index in [0.717, 1.165) is 11.1 Å². The number of rotatable bonds is 8. The molecule has 3 rings (SSSR count). The fraction of sp³-hybridized carbons (Fsp3) is 0.318. The Labute approximate surface area is 185 Å². The lowest BCUT2D eigenvalue weighted by Crippen LogP contribution is -2.36. The number of methoxy groups -OCH3 is 2. The topological polar surface area (TPSA) is 95.7 Å². The second-order valence-electron chi connectivity index (χ2n) is 6.93. The van der Waals surface area contributed by atoms with E-state index in [2.05, 4.69) is 15.5 Å². The van der Waals surface area contributed by atoms with Gasteiger partial charge in [-0.1, -0.05) is 16.8 Å². The van der Waals surface area contributed by atoms with Gasteiger partial charge in [0.15, 0.2) is 6.10 Å². The highest BCUT2D eigenvalue weighted by Crippen LogP contribution is 2.31. The predicted octanol–water partition coefficient (Wildman–Crippen LogP) is 4.11. The summed E-state index contributed by atoms with van der Waals surface area (Å²) in [5.74, 6) is 2.07. The van der Waals surface area contributed by atoms with Crippen molar-refractivity contribution in [3.63, 3.8) is 0 Å². The smallest absolute Gasteiger partial charge is 0.261 e. The Bertz CT molecular complexity index is 1060. The van der Waals surface area contributed by atoms with Crippen LogP contribution in [0.25, 0.3) is 11.4 Å². The zero-order valence-electron chi connectivity index (χ0n) is 18.0. The van der Waals surface area contributed by atoms with Crippen molar-refractivity contribution in [3.05, 3.63) is 52.4 Å². The third-order valence-corrected chi connectivity index (χ3v) is 5.22. The molecule has 0 fully saturated rings. The first-order valence-electron chi connectivity index (χ1n) is 9.58. The number of carbonyl (C=O) groups excluding carboxylic acids is 1. The summed E-state index contributed by atoms with van der Waals surface area (Å²) in [5, 5.41) is 7.39. The Morgan fingerprint density at radius 2 is 1.84 bits per heavy atom. The lowest BCUT2D eigenvalue weighted by atomic mass is 10.1. The van der Waals surface area contributed by atoms with E-state index in [4.69, 9.17) is 30.3 Å². The lowest BCUT2D eigenvalue weighted by Gasteiger charge is -2.15. The molecule has 8 nitrogen and oxygen atoms in total. The number of aryl methyl sites for hydroxylation is 2. The van der Waals surface area contributed by atoms with Crippen LogP contribution in [0, 0.1) is 13.8 Å². The monoisotopic (exact) mass is 445 g/mol. The highest BCUT2D eigenvalue weighted by Gasteiger charge is 2.18. The average molecular weight is 446 g/mol. The molecule has 0 aliphatic carbocycles. The summed E-state index contributed by atoms with van der Waals surface area (Å²) in [4.78, 5) is 16.7. The van der Waals surface area contributed by atoms with E-state index in [-0.39, 0.29) is 18.3 Å². The van der Waals surface area contributed by atoms with Crippen LogP contribution in [0.3, 0.4) is 0 Å². The third-order valence-electron chi connectivity index (χ3n) is 4.62. The van der Waals surface area contributed by atoms with Crippen molar-refractivity contribution in [3.8, 4) is 28.6 Å². The number of nitrogens with zero attached hydrogens (tertiary/aromatic N) is 2. The molecular formula is C22H24ClN3O5. The first-order chi connectivity index (χ1) is 14.8. The van der Waals surface area contributed by atoms with Gasteiger partial charge in [0.05, 0.1) is 26.3 Å². The Kier molecular flexibility index (Phi) is 7.02. The molecule has 0 radical (unpaired) electrons. The molecule has 1 unspecified atom stereocenters. The van der Waals surface area contributed by atoms with Gasteiger partial charge in [0.1, 0.15) is 17.2 Å². The molecule has 0 saturated carbocycles. The summed E-state index contributed by atoms with van der Waals surface area (Å²) in [5.41, 5.74) is 2.42. The molecule has 0 bridgehead atoms. The van der Waals surface area contributed by atoms with Crippen LogP contribution >= 0.6 is 11.6 Å². The molecule has 1 N–H and O–H groups in total. The molecule has 164 valence electrons. The zero-order valence-corrected chi connectivity index (χ0v) is 18.7.